The minimum Gasteiger partial charge on any atom is -0.478 e. The average Bonchev–Trinajstić information content (AvgIpc) is 3.09. The molecule has 0 amide bonds. The van der Waals surface area contributed by atoms with Crippen molar-refractivity contribution >= 4 is 5.97 Å². The van der Waals surface area contributed by atoms with Gasteiger partial charge in [0.1, 0.15) is 5.56 Å². The molecule has 98 valence electrons. The van der Waals surface area contributed by atoms with Crippen molar-refractivity contribution in [2.45, 2.75) is 31.1 Å². The van der Waals surface area contributed by atoms with Crippen molar-refractivity contribution in [3.63, 3.8) is 0 Å². The second-order valence-electron chi connectivity index (χ2n) is 5.03. The van der Waals surface area contributed by atoms with Crippen LogP contribution in [0.15, 0.2) is 41.1 Å². The summed E-state index contributed by atoms with van der Waals surface area (Å²) in [6.07, 6.45) is 5.28. The van der Waals surface area contributed by atoms with Crippen molar-refractivity contribution in [3.8, 4) is 0 Å². The lowest BCUT2D eigenvalue weighted by molar-refractivity contribution is 0.0692. The van der Waals surface area contributed by atoms with Gasteiger partial charge >= 0.3 is 5.97 Å². The van der Waals surface area contributed by atoms with Crippen LogP contribution in [0.3, 0.4) is 0 Å². The van der Waals surface area contributed by atoms with E-state index >= 15 is 0 Å². The summed E-state index contributed by atoms with van der Waals surface area (Å²) in [7, 11) is 0. The molecule has 0 spiro atoms. The van der Waals surface area contributed by atoms with Gasteiger partial charge in [0.25, 0.3) is 0 Å². The van der Waals surface area contributed by atoms with E-state index in [0.29, 0.717) is 5.76 Å². The Morgan fingerprint density at radius 1 is 1.21 bits per heavy atom. The van der Waals surface area contributed by atoms with Gasteiger partial charge in [-0.1, -0.05) is 48.3 Å². The van der Waals surface area contributed by atoms with Crippen LogP contribution in [0.1, 0.15) is 47.4 Å². The molecule has 0 unspecified atom stereocenters. The van der Waals surface area contributed by atoms with Crippen LogP contribution in [-0.4, -0.2) is 16.2 Å². The van der Waals surface area contributed by atoms with E-state index in [1.54, 1.807) is 0 Å². The van der Waals surface area contributed by atoms with E-state index in [2.05, 4.69) is 5.16 Å². The van der Waals surface area contributed by atoms with Crippen LogP contribution in [0.2, 0.25) is 0 Å². The standard InChI is InChI=1S/C15H15NO3/c17-14(18)12-10-16-19-13(12)15(8-4-5-9-15)11-6-2-1-3-7-11/h1-3,6-7,10H,4-5,8-9H2,(H,17,18). The van der Waals surface area contributed by atoms with Crippen molar-refractivity contribution < 1.29 is 14.4 Å². The van der Waals surface area contributed by atoms with Crippen molar-refractivity contribution in [3.05, 3.63) is 53.4 Å². The van der Waals surface area contributed by atoms with Gasteiger partial charge in [0, 0.05) is 0 Å². The Kier molecular flexibility index (Phi) is 2.85. The van der Waals surface area contributed by atoms with Crippen molar-refractivity contribution in [1.29, 1.82) is 0 Å². The quantitative estimate of drug-likeness (QED) is 0.916. The lowest BCUT2D eigenvalue weighted by Gasteiger charge is -2.27. The second-order valence-corrected chi connectivity index (χ2v) is 5.03. The third-order valence-corrected chi connectivity index (χ3v) is 4.02. The number of rotatable bonds is 3. The van der Waals surface area contributed by atoms with Crippen molar-refractivity contribution in [1.82, 2.24) is 5.16 Å². The predicted molar refractivity (Wildman–Crippen MR) is 69.2 cm³/mol. The number of aromatic nitrogens is 1. The smallest absolute Gasteiger partial charge is 0.341 e. The minimum atomic E-state index is -0.974. The molecule has 1 aromatic carbocycles. The van der Waals surface area contributed by atoms with E-state index in [9.17, 15) is 9.90 Å². The van der Waals surface area contributed by atoms with Crippen LogP contribution in [0, 0.1) is 0 Å². The van der Waals surface area contributed by atoms with E-state index in [1.165, 1.54) is 6.20 Å². The largest absolute Gasteiger partial charge is 0.478 e. The Morgan fingerprint density at radius 3 is 2.53 bits per heavy atom. The molecule has 2 aromatic rings. The van der Waals surface area contributed by atoms with Gasteiger partial charge in [0.15, 0.2) is 5.76 Å². The number of carboxylic acids is 1. The summed E-state index contributed by atoms with van der Waals surface area (Å²) in [5.41, 5.74) is 0.975. The lowest BCUT2D eigenvalue weighted by atomic mass is 9.75. The Bertz CT molecular complexity index is 582. The number of aromatic carboxylic acids is 1. The zero-order valence-corrected chi connectivity index (χ0v) is 10.5. The van der Waals surface area contributed by atoms with E-state index in [1.807, 2.05) is 30.3 Å². The highest BCUT2D eigenvalue weighted by atomic mass is 16.5. The van der Waals surface area contributed by atoms with Gasteiger partial charge < -0.3 is 9.63 Å². The fraction of sp³-hybridized carbons (Fsp3) is 0.333. The molecule has 0 bridgehead atoms. The number of nitrogens with zero attached hydrogens (tertiary/aromatic N) is 1. The van der Waals surface area contributed by atoms with Crippen molar-refractivity contribution in [2.75, 3.05) is 0 Å². The SMILES string of the molecule is O=C(O)c1cnoc1C1(c2ccccc2)CCCC1. The Balaban J connectivity index is 2.16. The molecular weight excluding hydrogens is 242 g/mol. The van der Waals surface area contributed by atoms with E-state index in [0.717, 1.165) is 31.2 Å². The molecule has 4 nitrogen and oxygen atoms in total. The molecule has 0 atom stereocenters. The number of carbonyl (C=O) groups is 1. The highest BCUT2D eigenvalue weighted by molar-refractivity contribution is 5.89. The molecule has 1 N–H and O–H groups in total. The molecule has 0 aliphatic heterocycles. The summed E-state index contributed by atoms with van der Waals surface area (Å²) in [6, 6.07) is 10.0. The van der Waals surface area contributed by atoms with Crippen LogP contribution in [0.25, 0.3) is 0 Å². The van der Waals surface area contributed by atoms with Crippen LogP contribution in [0.5, 0.6) is 0 Å². The highest BCUT2D eigenvalue weighted by Crippen LogP contribution is 2.47. The molecule has 1 heterocycles. The molecule has 19 heavy (non-hydrogen) atoms. The average molecular weight is 257 g/mol. The molecule has 0 radical (unpaired) electrons. The van der Waals surface area contributed by atoms with Gasteiger partial charge in [-0.05, 0) is 18.4 Å². The number of hydrogen-bond donors (Lipinski definition) is 1. The Morgan fingerprint density at radius 2 is 1.89 bits per heavy atom. The number of carboxylic acid groups (broad SMARTS) is 1. The lowest BCUT2D eigenvalue weighted by Crippen LogP contribution is -2.25. The molecule has 1 aliphatic carbocycles. The maximum Gasteiger partial charge on any atom is 0.341 e. The molecule has 1 saturated carbocycles. The second kappa shape index (κ2) is 4.53. The minimum absolute atomic E-state index is 0.186. The first-order valence-corrected chi connectivity index (χ1v) is 6.48. The highest BCUT2D eigenvalue weighted by Gasteiger charge is 2.43. The number of benzene rings is 1. The Labute approximate surface area is 111 Å². The Hall–Kier alpha value is -2.10. The van der Waals surface area contributed by atoms with Gasteiger partial charge in [0.05, 0.1) is 11.6 Å². The zero-order chi connectivity index (χ0) is 13.3. The summed E-state index contributed by atoms with van der Waals surface area (Å²) < 4.78 is 5.34. The van der Waals surface area contributed by atoms with Crippen molar-refractivity contribution in [2.24, 2.45) is 0 Å². The fourth-order valence-corrected chi connectivity index (χ4v) is 3.12. The van der Waals surface area contributed by atoms with E-state index in [4.69, 9.17) is 4.52 Å². The molecular formula is C15H15NO3. The molecule has 1 aliphatic rings. The summed E-state index contributed by atoms with van der Waals surface area (Å²) in [5, 5.41) is 13.0. The van der Waals surface area contributed by atoms with Gasteiger partial charge in [-0.3, -0.25) is 0 Å². The van der Waals surface area contributed by atoms with Gasteiger partial charge in [-0.25, -0.2) is 4.79 Å². The molecule has 4 heteroatoms. The van der Waals surface area contributed by atoms with Gasteiger partial charge in [-0.2, -0.15) is 0 Å². The topological polar surface area (TPSA) is 63.3 Å². The summed E-state index contributed by atoms with van der Waals surface area (Å²) in [6.45, 7) is 0. The van der Waals surface area contributed by atoms with Crippen LogP contribution >= 0.6 is 0 Å². The molecule has 0 saturated heterocycles. The first-order valence-electron chi connectivity index (χ1n) is 6.48. The maximum absolute atomic E-state index is 11.3. The summed E-state index contributed by atoms with van der Waals surface area (Å²) in [5.74, 6) is -0.470. The molecule has 1 aromatic heterocycles. The summed E-state index contributed by atoms with van der Waals surface area (Å²) >= 11 is 0. The van der Waals surface area contributed by atoms with Crippen LogP contribution in [-0.2, 0) is 5.41 Å². The van der Waals surface area contributed by atoms with Gasteiger partial charge in [-0.15, -0.1) is 0 Å². The van der Waals surface area contributed by atoms with Gasteiger partial charge in [0.2, 0.25) is 0 Å². The first-order chi connectivity index (χ1) is 9.24. The third-order valence-electron chi connectivity index (χ3n) is 4.02. The van der Waals surface area contributed by atoms with Crippen LogP contribution < -0.4 is 0 Å². The normalized spacial score (nSPS) is 17.5. The zero-order valence-electron chi connectivity index (χ0n) is 10.5. The predicted octanol–water partition coefficient (Wildman–Crippen LogP) is 3.23. The summed E-state index contributed by atoms with van der Waals surface area (Å²) in [4.78, 5) is 11.3. The molecule has 1 fully saturated rings. The third kappa shape index (κ3) is 1.84. The van der Waals surface area contributed by atoms with Crippen LogP contribution in [0.4, 0.5) is 0 Å². The van der Waals surface area contributed by atoms with E-state index in [-0.39, 0.29) is 11.0 Å². The molecule has 3 rings (SSSR count). The first kappa shape index (κ1) is 12.0. The maximum atomic E-state index is 11.3. The monoisotopic (exact) mass is 257 g/mol. The number of hydrogen-bond acceptors (Lipinski definition) is 3. The fourth-order valence-electron chi connectivity index (χ4n) is 3.12. The van der Waals surface area contributed by atoms with E-state index < -0.39 is 5.97 Å².